The smallest absolute Gasteiger partial charge is 0.106 e. The highest BCUT2D eigenvalue weighted by molar-refractivity contribution is 14.1. The first-order chi connectivity index (χ1) is 8.18. The van der Waals surface area contributed by atoms with Crippen molar-refractivity contribution in [2.75, 3.05) is 5.32 Å². The van der Waals surface area contributed by atoms with E-state index in [0.717, 1.165) is 20.5 Å². The molecule has 0 aliphatic carbocycles. The Bertz CT molecular complexity index is 557. The maximum atomic E-state index is 5.67. The van der Waals surface area contributed by atoms with Crippen LogP contribution in [-0.4, -0.2) is 9.97 Å². The number of halogens is 1. The summed E-state index contributed by atoms with van der Waals surface area (Å²) in [6.45, 7) is 0. The predicted octanol–water partition coefficient (Wildman–Crippen LogP) is 3.06. The van der Waals surface area contributed by atoms with E-state index in [4.69, 9.17) is 18.0 Å². The van der Waals surface area contributed by atoms with Crippen LogP contribution in [0.1, 0.15) is 5.56 Å². The van der Waals surface area contributed by atoms with Crippen LogP contribution < -0.4 is 11.1 Å². The normalized spacial score (nSPS) is 9.94. The zero-order valence-corrected chi connectivity index (χ0v) is 11.8. The van der Waals surface area contributed by atoms with Crippen molar-refractivity contribution in [3.63, 3.8) is 0 Å². The van der Waals surface area contributed by atoms with Gasteiger partial charge in [0.2, 0.25) is 0 Å². The molecule has 0 saturated carbocycles. The van der Waals surface area contributed by atoms with E-state index < -0.39 is 0 Å². The zero-order valence-electron chi connectivity index (χ0n) is 8.85. The van der Waals surface area contributed by atoms with E-state index in [1.807, 2.05) is 24.3 Å². The molecule has 0 aliphatic heterocycles. The highest BCUT2D eigenvalue weighted by Gasteiger charge is 2.06. The zero-order chi connectivity index (χ0) is 12.3. The van der Waals surface area contributed by atoms with Gasteiger partial charge in [0.15, 0.2) is 0 Å². The van der Waals surface area contributed by atoms with E-state index >= 15 is 0 Å². The minimum atomic E-state index is 0.362. The van der Waals surface area contributed by atoms with Crippen LogP contribution >= 0.6 is 34.8 Å². The second-order valence-corrected chi connectivity index (χ2v) is 4.99. The third-order valence-electron chi connectivity index (χ3n) is 2.23. The van der Waals surface area contributed by atoms with Crippen molar-refractivity contribution >= 4 is 51.2 Å². The summed E-state index contributed by atoms with van der Waals surface area (Å²) >= 11 is 7.28. The number of para-hydroxylation sites is 1. The number of hydrogen-bond donors (Lipinski definition) is 2. The van der Waals surface area contributed by atoms with Gasteiger partial charge in [0, 0.05) is 15.3 Å². The van der Waals surface area contributed by atoms with Gasteiger partial charge in [-0.05, 0) is 40.8 Å². The van der Waals surface area contributed by atoms with E-state index in [1.54, 1.807) is 18.5 Å². The fourth-order valence-corrected chi connectivity index (χ4v) is 2.12. The van der Waals surface area contributed by atoms with Crippen LogP contribution in [0.3, 0.4) is 0 Å². The first-order valence-corrected chi connectivity index (χ1v) is 6.42. The number of anilines is 2. The number of nitrogens with two attached hydrogens (primary N) is 1. The summed E-state index contributed by atoms with van der Waals surface area (Å²) in [5, 5.41) is 3.28. The maximum absolute atomic E-state index is 5.67. The van der Waals surface area contributed by atoms with E-state index in [-0.39, 0.29) is 0 Å². The molecule has 2 aromatic rings. The number of benzene rings is 1. The van der Waals surface area contributed by atoms with E-state index in [0.29, 0.717) is 4.99 Å². The molecular formula is C12H10IN3S. The molecule has 0 radical (unpaired) electrons. The number of nitrogens with one attached hydrogen (secondary N) is 1. The Kier molecular flexibility index (Phi) is 3.90. The molecule has 17 heavy (non-hydrogen) atoms. The predicted molar refractivity (Wildman–Crippen MR) is 82.6 cm³/mol. The van der Waals surface area contributed by atoms with Crippen molar-refractivity contribution in [1.82, 2.24) is 4.98 Å². The van der Waals surface area contributed by atoms with Gasteiger partial charge in [-0.25, -0.2) is 0 Å². The van der Waals surface area contributed by atoms with Gasteiger partial charge in [0.25, 0.3) is 0 Å². The fourth-order valence-electron chi connectivity index (χ4n) is 1.42. The number of nitrogens with zero attached hydrogens (tertiary/aromatic N) is 1. The van der Waals surface area contributed by atoms with Crippen molar-refractivity contribution < 1.29 is 0 Å². The van der Waals surface area contributed by atoms with Crippen LogP contribution in [0, 0.1) is 3.57 Å². The molecule has 0 atom stereocenters. The van der Waals surface area contributed by atoms with Gasteiger partial charge in [0.1, 0.15) is 4.99 Å². The van der Waals surface area contributed by atoms with Crippen molar-refractivity contribution in [3.05, 3.63) is 51.9 Å². The van der Waals surface area contributed by atoms with Gasteiger partial charge in [-0.2, -0.15) is 0 Å². The molecule has 0 fully saturated rings. The number of rotatable bonds is 3. The van der Waals surface area contributed by atoms with Crippen molar-refractivity contribution in [2.45, 2.75) is 0 Å². The number of aromatic nitrogens is 1. The molecule has 1 aromatic carbocycles. The Morgan fingerprint density at radius 2 is 2.00 bits per heavy atom. The first kappa shape index (κ1) is 12.3. The van der Waals surface area contributed by atoms with Gasteiger partial charge in [-0.1, -0.05) is 24.4 Å². The largest absolute Gasteiger partial charge is 0.389 e. The molecule has 0 spiro atoms. The summed E-state index contributed by atoms with van der Waals surface area (Å²) in [6, 6.07) is 9.80. The molecule has 0 saturated heterocycles. The summed E-state index contributed by atoms with van der Waals surface area (Å²) in [4.78, 5) is 4.44. The van der Waals surface area contributed by atoms with Gasteiger partial charge in [-0.15, -0.1) is 0 Å². The quantitative estimate of drug-likeness (QED) is 0.656. The van der Waals surface area contributed by atoms with E-state index in [9.17, 15) is 0 Å². The lowest BCUT2D eigenvalue weighted by Gasteiger charge is -2.11. The maximum Gasteiger partial charge on any atom is 0.106 e. The summed E-state index contributed by atoms with van der Waals surface area (Å²) in [5.41, 5.74) is 8.30. The van der Waals surface area contributed by atoms with Crippen LogP contribution in [0.15, 0.2) is 42.7 Å². The topological polar surface area (TPSA) is 50.9 Å². The average Bonchev–Trinajstić information content (AvgIpc) is 2.32. The molecular weight excluding hydrogens is 345 g/mol. The van der Waals surface area contributed by atoms with Crippen LogP contribution in [0.4, 0.5) is 11.4 Å². The Labute approximate surface area is 119 Å². The van der Waals surface area contributed by atoms with E-state index in [1.165, 1.54) is 0 Å². The monoisotopic (exact) mass is 355 g/mol. The standard InChI is InChI=1S/C12H10IN3S/c13-9-3-1-2-4-10(9)16-11-7-15-6-5-8(11)12(14)17/h1-7,16H,(H2,14,17). The fraction of sp³-hybridized carbons (Fsp3) is 0. The van der Waals surface area contributed by atoms with Crippen molar-refractivity contribution in [2.24, 2.45) is 5.73 Å². The SMILES string of the molecule is NC(=S)c1ccncc1Nc1ccccc1I. The Morgan fingerprint density at radius 3 is 2.71 bits per heavy atom. The molecule has 0 bridgehead atoms. The summed E-state index contributed by atoms with van der Waals surface area (Å²) in [6.07, 6.45) is 3.40. The lowest BCUT2D eigenvalue weighted by molar-refractivity contribution is 1.31. The lowest BCUT2D eigenvalue weighted by atomic mass is 10.2. The molecule has 1 aromatic heterocycles. The van der Waals surface area contributed by atoms with Crippen LogP contribution in [-0.2, 0) is 0 Å². The molecule has 0 unspecified atom stereocenters. The Balaban J connectivity index is 2.37. The molecule has 3 nitrogen and oxygen atoms in total. The van der Waals surface area contributed by atoms with Gasteiger partial charge in [-0.3, -0.25) is 4.98 Å². The van der Waals surface area contributed by atoms with E-state index in [2.05, 4.69) is 32.9 Å². The summed E-state index contributed by atoms with van der Waals surface area (Å²) in [7, 11) is 0. The minimum absolute atomic E-state index is 0.362. The molecule has 0 aliphatic rings. The second kappa shape index (κ2) is 5.42. The second-order valence-electron chi connectivity index (χ2n) is 3.39. The minimum Gasteiger partial charge on any atom is -0.389 e. The third kappa shape index (κ3) is 2.92. The highest BCUT2D eigenvalue weighted by atomic mass is 127. The average molecular weight is 355 g/mol. The van der Waals surface area contributed by atoms with Gasteiger partial charge in [0.05, 0.1) is 17.6 Å². The molecule has 0 amide bonds. The molecule has 2 rings (SSSR count). The van der Waals surface area contributed by atoms with Crippen LogP contribution in [0.25, 0.3) is 0 Å². The first-order valence-electron chi connectivity index (χ1n) is 4.94. The molecule has 5 heteroatoms. The summed E-state index contributed by atoms with van der Waals surface area (Å²) in [5.74, 6) is 0. The molecule has 86 valence electrons. The Morgan fingerprint density at radius 1 is 1.24 bits per heavy atom. The Hall–Kier alpha value is -1.21. The lowest BCUT2D eigenvalue weighted by Crippen LogP contribution is -2.12. The highest BCUT2D eigenvalue weighted by Crippen LogP contribution is 2.23. The van der Waals surface area contributed by atoms with Gasteiger partial charge < -0.3 is 11.1 Å². The van der Waals surface area contributed by atoms with Gasteiger partial charge >= 0.3 is 0 Å². The number of pyridine rings is 1. The summed E-state index contributed by atoms with van der Waals surface area (Å²) < 4.78 is 1.13. The molecule has 3 N–H and O–H groups in total. The van der Waals surface area contributed by atoms with Crippen LogP contribution in [0.5, 0.6) is 0 Å². The van der Waals surface area contributed by atoms with Crippen molar-refractivity contribution in [3.8, 4) is 0 Å². The number of hydrogen-bond acceptors (Lipinski definition) is 3. The van der Waals surface area contributed by atoms with Crippen LogP contribution in [0.2, 0.25) is 0 Å². The molecule has 1 heterocycles. The van der Waals surface area contributed by atoms with Crippen molar-refractivity contribution in [1.29, 1.82) is 0 Å². The number of thiocarbonyl (C=S) groups is 1. The third-order valence-corrected chi connectivity index (χ3v) is 3.39.